The van der Waals surface area contributed by atoms with Crippen LogP contribution in [0.25, 0.3) is 0 Å². The van der Waals surface area contributed by atoms with Gasteiger partial charge in [-0.15, -0.1) is 0 Å². The summed E-state index contributed by atoms with van der Waals surface area (Å²) in [6.45, 7) is 6.18. The molecule has 5 nitrogen and oxygen atoms in total. The Bertz CT molecular complexity index is 618. The molecule has 2 fully saturated rings. The number of nitrogens with zero attached hydrogens (tertiary/aromatic N) is 2. The lowest BCUT2D eigenvalue weighted by atomic mass is 10.0. The predicted octanol–water partition coefficient (Wildman–Crippen LogP) is 1.87. The molecule has 2 heterocycles. The zero-order chi connectivity index (χ0) is 16.3. The number of benzene rings is 1. The van der Waals surface area contributed by atoms with Gasteiger partial charge in [0.2, 0.25) is 10.0 Å². The Labute approximate surface area is 139 Å². The summed E-state index contributed by atoms with van der Waals surface area (Å²) >= 11 is 0. The van der Waals surface area contributed by atoms with Crippen molar-refractivity contribution in [2.24, 2.45) is 5.92 Å². The Hall–Kier alpha value is -1.11. The van der Waals surface area contributed by atoms with Crippen LogP contribution >= 0.6 is 0 Å². The molecule has 3 rings (SSSR count). The van der Waals surface area contributed by atoms with Crippen molar-refractivity contribution in [3.63, 3.8) is 0 Å². The molecule has 0 spiro atoms. The summed E-state index contributed by atoms with van der Waals surface area (Å²) in [6, 6.07) is 8.29. The highest BCUT2D eigenvalue weighted by molar-refractivity contribution is 7.89. The molecule has 0 saturated carbocycles. The summed E-state index contributed by atoms with van der Waals surface area (Å²) in [5.41, 5.74) is 2.46. The normalized spacial score (nSPS) is 21.5. The van der Waals surface area contributed by atoms with Crippen LogP contribution in [0.5, 0.6) is 0 Å². The average molecular weight is 338 g/mol. The van der Waals surface area contributed by atoms with Gasteiger partial charge in [0, 0.05) is 45.1 Å². The molecule has 128 valence electrons. The van der Waals surface area contributed by atoms with Crippen LogP contribution in [-0.4, -0.2) is 57.9 Å². The van der Waals surface area contributed by atoms with E-state index in [2.05, 4.69) is 24.0 Å². The number of piperazine rings is 1. The molecule has 1 aromatic carbocycles. The lowest BCUT2D eigenvalue weighted by Crippen LogP contribution is -2.50. The summed E-state index contributed by atoms with van der Waals surface area (Å²) < 4.78 is 32.3. The van der Waals surface area contributed by atoms with Gasteiger partial charge in [-0.2, -0.15) is 4.31 Å². The number of para-hydroxylation sites is 1. The number of hydrogen-bond acceptors (Lipinski definition) is 4. The molecule has 0 bridgehead atoms. The lowest BCUT2D eigenvalue weighted by molar-refractivity contribution is 0.0720. The summed E-state index contributed by atoms with van der Waals surface area (Å²) in [4.78, 5) is 2.29. The maximum Gasteiger partial charge on any atom is 0.214 e. The van der Waals surface area contributed by atoms with E-state index in [4.69, 9.17) is 4.74 Å². The van der Waals surface area contributed by atoms with Gasteiger partial charge in [-0.05, 0) is 37.3 Å². The van der Waals surface area contributed by atoms with Gasteiger partial charge in [0.05, 0.1) is 5.75 Å². The molecule has 2 aliphatic heterocycles. The van der Waals surface area contributed by atoms with Crippen molar-refractivity contribution in [3.05, 3.63) is 29.8 Å². The molecule has 1 aromatic rings. The monoisotopic (exact) mass is 338 g/mol. The molecule has 0 radical (unpaired) electrons. The van der Waals surface area contributed by atoms with E-state index < -0.39 is 10.0 Å². The molecule has 2 saturated heterocycles. The quantitative estimate of drug-likeness (QED) is 0.841. The largest absolute Gasteiger partial charge is 0.381 e. The van der Waals surface area contributed by atoms with E-state index in [0.717, 1.165) is 25.9 Å². The summed E-state index contributed by atoms with van der Waals surface area (Å²) in [7, 11) is -3.15. The zero-order valence-electron chi connectivity index (χ0n) is 13.8. The van der Waals surface area contributed by atoms with Crippen molar-refractivity contribution in [3.8, 4) is 0 Å². The Kier molecular flexibility index (Phi) is 5.24. The Morgan fingerprint density at radius 3 is 2.39 bits per heavy atom. The smallest absolute Gasteiger partial charge is 0.214 e. The summed E-state index contributed by atoms with van der Waals surface area (Å²) in [6.07, 6.45) is 1.73. The second-order valence-electron chi connectivity index (χ2n) is 6.51. The number of rotatable bonds is 4. The van der Waals surface area contributed by atoms with Gasteiger partial charge in [0.1, 0.15) is 0 Å². The molecular weight excluding hydrogens is 312 g/mol. The zero-order valence-corrected chi connectivity index (χ0v) is 14.6. The van der Waals surface area contributed by atoms with E-state index in [0.29, 0.717) is 26.3 Å². The SMILES string of the molecule is Cc1ccccc1N1CCN(S(=O)(=O)CC2CCOCC2)CC1. The molecule has 0 amide bonds. The fourth-order valence-electron chi connectivity index (χ4n) is 3.44. The number of hydrogen-bond donors (Lipinski definition) is 0. The van der Waals surface area contributed by atoms with Crippen LogP contribution < -0.4 is 4.90 Å². The highest BCUT2D eigenvalue weighted by atomic mass is 32.2. The molecule has 0 N–H and O–H groups in total. The maximum absolute atomic E-state index is 12.6. The van der Waals surface area contributed by atoms with Gasteiger partial charge in [-0.1, -0.05) is 18.2 Å². The van der Waals surface area contributed by atoms with Gasteiger partial charge < -0.3 is 9.64 Å². The standard InChI is InChI=1S/C17H26N2O3S/c1-15-4-2-3-5-17(15)18-8-10-19(11-9-18)23(20,21)14-16-6-12-22-13-7-16/h2-5,16H,6-14H2,1H3. The predicted molar refractivity (Wildman–Crippen MR) is 92.3 cm³/mol. The van der Waals surface area contributed by atoms with Crippen LogP contribution in [0, 0.1) is 12.8 Å². The van der Waals surface area contributed by atoms with Crippen LogP contribution in [0.4, 0.5) is 5.69 Å². The number of ether oxygens (including phenoxy) is 1. The van der Waals surface area contributed by atoms with Crippen LogP contribution in [0.1, 0.15) is 18.4 Å². The van der Waals surface area contributed by atoms with Crippen LogP contribution in [0.2, 0.25) is 0 Å². The molecule has 0 unspecified atom stereocenters. The number of anilines is 1. The first-order valence-electron chi connectivity index (χ1n) is 8.42. The first-order chi connectivity index (χ1) is 11.1. The van der Waals surface area contributed by atoms with Crippen LogP contribution in [0.3, 0.4) is 0 Å². The Morgan fingerprint density at radius 2 is 1.74 bits per heavy atom. The van der Waals surface area contributed by atoms with E-state index in [1.54, 1.807) is 4.31 Å². The van der Waals surface area contributed by atoms with E-state index in [9.17, 15) is 8.42 Å². The van der Waals surface area contributed by atoms with Crippen molar-refractivity contribution < 1.29 is 13.2 Å². The summed E-state index contributed by atoms with van der Waals surface area (Å²) in [5.74, 6) is 0.531. The van der Waals surface area contributed by atoms with E-state index in [1.165, 1.54) is 11.3 Å². The molecule has 23 heavy (non-hydrogen) atoms. The summed E-state index contributed by atoms with van der Waals surface area (Å²) in [5, 5.41) is 0. The van der Waals surface area contributed by atoms with Crippen LogP contribution in [-0.2, 0) is 14.8 Å². The lowest BCUT2D eigenvalue weighted by Gasteiger charge is -2.36. The van der Waals surface area contributed by atoms with E-state index in [1.807, 2.05) is 12.1 Å². The fourth-order valence-corrected chi connectivity index (χ4v) is 5.30. The minimum atomic E-state index is -3.15. The van der Waals surface area contributed by atoms with Crippen molar-refractivity contribution in [2.45, 2.75) is 19.8 Å². The van der Waals surface area contributed by atoms with E-state index >= 15 is 0 Å². The maximum atomic E-state index is 12.6. The third kappa shape index (κ3) is 4.05. The van der Waals surface area contributed by atoms with Crippen molar-refractivity contribution in [2.75, 3.05) is 50.0 Å². The minimum absolute atomic E-state index is 0.253. The van der Waals surface area contributed by atoms with Crippen molar-refractivity contribution >= 4 is 15.7 Å². The van der Waals surface area contributed by atoms with Gasteiger partial charge in [0.15, 0.2) is 0 Å². The van der Waals surface area contributed by atoms with Gasteiger partial charge >= 0.3 is 0 Å². The first kappa shape index (κ1) is 16.7. The van der Waals surface area contributed by atoms with Gasteiger partial charge in [0.25, 0.3) is 0 Å². The third-order valence-electron chi connectivity index (χ3n) is 4.88. The van der Waals surface area contributed by atoms with E-state index in [-0.39, 0.29) is 11.7 Å². The average Bonchev–Trinajstić information content (AvgIpc) is 2.56. The number of aryl methyl sites for hydroxylation is 1. The molecular formula is C17H26N2O3S. The second kappa shape index (κ2) is 7.20. The second-order valence-corrected chi connectivity index (χ2v) is 8.52. The Morgan fingerprint density at radius 1 is 1.09 bits per heavy atom. The fraction of sp³-hybridized carbons (Fsp3) is 0.647. The molecule has 6 heteroatoms. The topological polar surface area (TPSA) is 49.9 Å². The highest BCUT2D eigenvalue weighted by Gasteiger charge is 2.30. The Balaban J connectivity index is 1.58. The molecule has 0 aliphatic carbocycles. The van der Waals surface area contributed by atoms with Crippen LogP contribution in [0.15, 0.2) is 24.3 Å². The molecule has 0 aromatic heterocycles. The first-order valence-corrected chi connectivity index (χ1v) is 10.0. The van der Waals surface area contributed by atoms with Gasteiger partial charge in [-0.3, -0.25) is 0 Å². The minimum Gasteiger partial charge on any atom is -0.381 e. The number of sulfonamides is 1. The molecule has 0 atom stereocenters. The van der Waals surface area contributed by atoms with Gasteiger partial charge in [-0.25, -0.2) is 8.42 Å². The highest BCUT2D eigenvalue weighted by Crippen LogP contribution is 2.23. The van der Waals surface area contributed by atoms with Crippen molar-refractivity contribution in [1.29, 1.82) is 0 Å². The van der Waals surface area contributed by atoms with Crippen molar-refractivity contribution in [1.82, 2.24) is 4.31 Å². The molecule has 2 aliphatic rings. The third-order valence-corrected chi connectivity index (χ3v) is 6.92.